The number of piperidine rings is 1. The van der Waals surface area contributed by atoms with Gasteiger partial charge < -0.3 is 14.8 Å². The number of oxazole rings is 1. The van der Waals surface area contributed by atoms with Crippen LogP contribution in [0.4, 0.5) is 0 Å². The molecule has 6 heteroatoms. The molecule has 0 radical (unpaired) electrons. The molecule has 2 fully saturated rings. The Kier molecular flexibility index (Phi) is 4.49. The van der Waals surface area contributed by atoms with Crippen molar-refractivity contribution in [1.82, 2.24) is 15.2 Å². The Morgan fingerprint density at radius 1 is 1.36 bits per heavy atom. The number of hydrogen-bond donors (Lipinski definition) is 2. The Morgan fingerprint density at radius 3 is 2.59 bits per heavy atom. The van der Waals surface area contributed by atoms with E-state index in [9.17, 15) is 9.90 Å². The maximum absolute atomic E-state index is 11.9. The third-order valence-corrected chi connectivity index (χ3v) is 4.70. The van der Waals surface area contributed by atoms with E-state index in [4.69, 9.17) is 4.42 Å². The van der Waals surface area contributed by atoms with Gasteiger partial charge in [-0.3, -0.25) is 9.69 Å². The quantitative estimate of drug-likeness (QED) is 0.853. The van der Waals surface area contributed by atoms with E-state index in [0.717, 1.165) is 56.1 Å². The van der Waals surface area contributed by atoms with Crippen molar-refractivity contribution in [2.24, 2.45) is 5.92 Å². The van der Waals surface area contributed by atoms with Gasteiger partial charge in [0.25, 0.3) is 0 Å². The van der Waals surface area contributed by atoms with Crippen molar-refractivity contribution in [2.75, 3.05) is 13.1 Å². The smallest absolute Gasteiger partial charge is 0.249 e. The Hall–Kier alpha value is -1.40. The Bertz CT molecular complexity index is 511. The van der Waals surface area contributed by atoms with Gasteiger partial charge in [0.1, 0.15) is 11.9 Å². The van der Waals surface area contributed by atoms with Gasteiger partial charge in [0.2, 0.25) is 11.8 Å². The van der Waals surface area contributed by atoms with Gasteiger partial charge in [-0.15, -0.1) is 0 Å². The van der Waals surface area contributed by atoms with E-state index in [1.807, 2.05) is 13.8 Å². The normalized spacial score (nSPS) is 21.8. The first-order valence-electron chi connectivity index (χ1n) is 8.16. The molecular formula is C16H25N3O3. The van der Waals surface area contributed by atoms with Crippen LogP contribution in [0.5, 0.6) is 0 Å². The van der Waals surface area contributed by atoms with E-state index in [-0.39, 0.29) is 11.8 Å². The Labute approximate surface area is 130 Å². The number of rotatable bonds is 5. The van der Waals surface area contributed by atoms with E-state index in [2.05, 4.69) is 15.2 Å². The molecule has 122 valence electrons. The number of likely N-dealkylation sites (tertiary alicyclic amines) is 1. The molecule has 1 atom stereocenters. The summed E-state index contributed by atoms with van der Waals surface area (Å²) in [4.78, 5) is 18.6. The minimum atomic E-state index is -0.867. The highest BCUT2D eigenvalue weighted by Crippen LogP contribution is 2.24. The summed E-state index contributed by atoms with van der Waals surface area (Å²) in [6.45, 7) is 6.29. The number of aryl methyl sites for hydroxylation is 2. The number of aliphatic hydroxyl groups is 1. The number of nitrogens with one attached hydrogen (secondary N) is 1. The van der Waals surface area contributed by atoms with Crippen molar-refractivity contribution >= 4 is 5.91 Å². The minimum absolute atomic E-state index is 0.0584. The summed E-state index contributed by atoms with van der Waals surface area (Å²) in [5.74, 6) is 1.49. The molecule has 1 saturated carbocycles. The van der Waals surface area contributed by atoms with Crippen LogP contribution < -0.4 is 5.32 Å². The number of nitrogens with zero attached hydrogens (tertiary/aromatic N) is 2. The lowest BCUT2D eigenvalue weighted by molar-refractivity contribution is -0.133. The molecule has 2 heterocycles. The summed E-state index contributed by atoms with van der Waals surface area (Å²) < 4.78 is 5.61. The number of carbonyl (C=O) groups excluding carboxylic acids is 1. The fourth-order valence-electron chi connectivity index (χ4n) is 2.95. The zero-order chi connectivity index (χ0) is 15.7. The third-order valence-electron chi connectivity index (χ3n) is 4.70. The predicted molar refractivity (Wildman–Crippen MR) is 81.1 cm³/mol. The van der Waals surface area contributed by atoms with E-state index < -0.39 is 6.10 Å². The van der Waals surface area contributed by atoms with Crippen LogP contribution in [-0.4, -0.2) is 46.1 Å². The SMILES string of the molecule is Cc1nc(CN2CCC([C@@H](O)C(=O)NC3CC3)CC2)oc1C. The van der Waals surface area contributed by atoms with Crippen LogP contribution in [0, 0.1) is 19.8 Å². The van der Waals surface area contributed by atoms with Crippen molar-refractivity contribution in [2.45, 2.75) is 58.2 Å². The first kappa shape index (κ1) is 15.5. The molecule has 1 aliphatic carbocycles. The predicted octanol–water partition coefficient (Wildman–Crippen LogP) is 1.14. The van der Waals surface area contributed by atoms with Crippen LogP contribution in [0.2, 0.25) is 0 Å². The highest BCUT2D eigenvalue weighted by Gasteiger charge is 2.33. The maximum Gasteiger partial charge on any atom is 0.249 e. The fourth-order valence-corrected chi connectivity index (χ4v) is 2.95. The lowest BCUT2D eigenvalue weighted by atomic mass is 9.90. The lowest BCUT2D eigenvalue weighted by Crippen LogP contribution is -2.44. The van der Waals surface area contributed by atoms with Gasteiger partial charge in [-0.2, -0.15) is 0 Å². The van der Waals surface area contributed by atoms with Crippen molar-refractivity contribution in [1.29, 1.82) is 0 Å². The third kappa shape index (κ3) is 3.67. The molecule has 0 aromatic carbocycles. The van der Waals surface area contributed by atoms with Crippen LogP contribution in [0.1, 0.15) is 43.0 Å². The van der Waals surface area contributed by atoms with Gasteiger partial charge in [0.05, 0.1) is 12.2 Å². The number of hydrogen-bond acceptors (Lipinski definition) is 5. The van der Waals surface area contributed by atoms with Crippen LogP contribution in [-0.2, 0) is 11.3 Å². The topological polar surface area (TPSA) is 78.6 Å². The average Bonchev–Trinajstić information content (AvgIpc) is 3.25. The number of aromatic nitrogens is 1. The molecule has 1 saturated heterocycles. The molecule has 0 bridgehead atoms. The van der Waals surface area contributed by atoms with E-state index in [1.165, 1.54) is 0 Å². The molecule has 0 unspecified atom stereocenters. The Morgan fingerprint density at radius 2 is 2.05 bits per heavy atom. The van der Waals surface area contributed by atoms with Crippen molar-refractivity contribution < 1.29 is 14.3 Å². The molecule has 1 aromatic rings. The van der Waals surface area contributed by atoms with Crippen LogP contribution in [0.25, 0.3) is 0 Å². The van der Waals surface area contributed by atoms with Gasteiger partial charge >= 0.3 is 0 Å². The lowest BCUT2D eigenvalue weighted by Gasteiger charge is -2.33. The Balaban J connectivity index is 1.46. The average molecular weight is 307 g/mol. The standard InChI is InChI=1S/C16H25N3O3/c1-10-11(2)22-14(17-10)9-19-7-5-12(6-8-19)15(20)16(21)18-13-3-4-13/h12-13,15,20H,3-9H2,1-2H3,(H,18,21)/t15-/m1/s1. The number of aliphatic hydroxyl groups excluding tert-OH is 1. The summed E-state index contributed by atoms with van der Waals surface area (Å²) in [6.07, 6.45) is 2.89. The summed E-state index contributed by atoms with van der Waals surface area (Å²) in [6, 6.07) is 0.304. The number of carbonyl (C=O) groups is 1. The molecule has 1 amide bonds. The molecule has 1 aromatic heterocycles. The van der Waals surface area contributed by atoms with Crippen LogP contribution in [0.15, 0.2) is 4.42 Å². The van der Waals surface area contributed by atoms with Gasteiger partial charge in [-0.25, -0.2) is 4.98 Å². The highest BCUT2D eigenvalue weighted by molar-refractivity contribution is 5.81. The highest BCUT2D eigenvalue weighted by atomic mass is 16.4. The zero-order valence-electron chi connectivity index (χ0n) is 13.3. The second-order valence-corrected chi connectivity index (χ2v) is 6.59. The molecule has 6 nitrogen and oxygen atoms in total. The molecule has 22 heavy (non-hydrogen) atoms. The maximum atomic E-state index is 11.9. The van der Waals surface area contributed by atoms with Gasteiger partial charge in [0.15, 0.2) is 0 Å². The van der Waals surface area contributed by atoms with Crippen LogP contribution in [0.3, 0.4) is 0 Å². The molecule has 2 aliphatic rings. The van der Waals surface area contributed by atoms with Crippen molar-refractivity contribution in [3.8, 4) is 0 Å². The van der Waals surface area contributed by atoms with E-state index in [1.54, 1.807) is 0 Å². The molecule has 0 spiro atoms. The van der Waals surface area contributed by atoms with Gasteiger partial charge in [0, 0.05) is 6.04 Å². The molecule has 3 rings (SSSR count). The van der Waals surface area contributed by atoms with Crippen molar-refractivity contribution in [3.05, 3.63) is 17.3 Å². The zero-order valence-corrected chi connectivity index (χ0v) is 13.3. The van der Waals surface area contributed by atoms with E-state index >= 15 is 0 Å². The second kappa shape index (κ2) is 6.38. The first-order valence-corrected chi connectivity index (χ1v) is 8.16. The largest absolute Gasteiger partial charge is 0.444 e. The summed E-state index contributed by atoms with van der Waals surface area (Å²) in [5, 5.41) is 13.1. The van der Waals surface area contributed by atoms with Crippen molar-refractivity contribution in [3.63, 3.8) is 0 Å². The molecular weight excluding hydrogens is 282 g/mol. The molecule has 1 aliphatic heterocycles. The van der Waals surface area contributed by atoms with Gasteiger partial charge in [-0.1, -0.05) is 0 Å². The minimum Gasteiger partial charge on any atom is -0.444 e. The molecule has 2 N–H and O–H groups in total. The summed E-state index contributed by atoms with van der Waals surface area (Å²) in [5.41, 5.74) is 0.942. The monoisotopic (exact) mass is 307 g/mol. The van der Waals surface area contributed by atoms with Crippen LogP contribution >= 0.6 is 0 Å². The second-order valence-electron chi connectivity index (χ2n) is 6.59. The summed E-state index contributed by atoms with van der Waals surface area (Å²) >= 11 is 0. The van der Waals surface area contributed by atoms with E-state index in [0.29, 0.717) is 12.6 Å². The first-order chi connectivity index (χ1) is 10.5. The fraction of sp³-hybridized carbons (Fsp3) is 0.750. The summed E-state index contributed by atoms with van der Waals surface area (Å²) in [7, 11) is 0. The number of amides is 1. The van der Waals surface area contributed by atoms with Gasteiger partial charge in [-0.05, 0) is 58.5 Å².